The Hall–Kier alpha value is -1.35. The van der Waals surface area contributed by atoms with Crippen molar-refractivity contribution < 1.29 is 0 Å². The summed E-state index contributed by atoms with van der Waals surface area (Å²) in [6.07, 6.45) is 0.877. The van der Waals surface area contributed by atoms with E-state index in [4.69, 9.17) is 5.73 Å². The summed E-state index contributed by atoms with van der Waals surface area (Å²) in [5.41, 5.74) is 9.16. The van der Waals surface area contributed by atoms with Gasteiger partial charge in [0.05, 0.1) is 11.0 Å². The molecule has 1 unspecified atom stereocenters. The minimum Gasteiger partial charge on any atom is -0.342 e. The van der Waals surface area contributed by atoms with E-state index in [2.05, 4.69) is 16.0 Å². The quantitative estimate of drug-likeness (QED) is 0.756. The van der Waals surface area contributed by atoms with Crippen LogP contribution in [0.2, 0.25) is 0 Å². The van der Waals surface area contributed by atoms with Crippen molar-refractivity contribution in [1.29, 1.82) is 0 Å². The number of fused-ring (bicyclic) bond motifs is 1. The molecule has 3 nitrogen and oxygen atoms in total. The third kappa shape index (κ3) is 1.63. The number of para-hydroxylation sites is 1. The molecular formula is C11H15N3. The first-order valence-corrected chi connectivity index (χ1v) is 4.86. The molecule has 0 aliphatic heterocycles. The lowest BCUT2D eigenvalue weighted by Crippen LogP contribution is -2.17. The van der Waals surface area contributed by atoms with Gasteiger partial charge in [0.1, 0.15) is 5.82 Å². The molecule has 1 heterocycles. The largest absolute Gasteiger partial charge is 0.342 e. The van der Waals surface area contributed by atoms with E-state index in [1.807, 2.05) is 26.0 Å². The summed E-state index contributed by atoms with van der Waals surface area (Å²) in [4.78, 5) is 7.68. The fourth-order valence-electron chi connectivity index (χ4n) is 1.73. The lowest BCUT2D eigenvalue weighted by atomic mass is 10.1. The molecule has 0 radical (unpaired) electrons. The minimum atomic E-state index is 0.178. The fraction of sp³-hybridized carbons (Fsp3) is 0.364. The van der Waals surface area contributed by atoms with Crippen LogP contribution in [0, 0.1) is 6.92 Å². The topological polar surface area (TPSA) is 54.7 Å². The van der Waals surface area contributed by atoms with Crippen LogP contribution in [0.25, 0.3) is 11.0 Å². The van der Waals surface area contributed by atoms with Crippen LogP contribution < -0.4 is 5.73 Å². The van der Waals surface area contributed by atoms with Gasteiger partial charge in [0.25, 0.3) is 0 Å². The molecule has 2 aromatic rings. The van der Waals surface area contributed by atoms with Crippen LogP contribution in [0.4, 0.5) is 0 Å². The van der Waals surface area contributed by atoms with E-state index in [-0.39, 0.29) is 6.04 Å². The van der Waals surface area contributed by atoms with E-state index < -0.39 is 0 Å². The Morgan fingerprint density at radius 1 is 1.50 bits per heavy atom. The van der Waals surface area contributed by atoms with E-state index in [9.17, 15) is 0 Å². The number of nitrogens with two attached hydrogens (primary N) is 1. The molecule has 0 aliphatic rings. The summed E-state index contributed by atoms with van der Waals surface area (Å²) >= 11 is 0. The van der Waals surface area contributed by atoms with Crippen LogP contribution in [0.3, 0.4) is 0 Å². The number of nitrogens with zero attached hydrogens (tertiary/aromatic N) is 1. The van der Waals surface area contributed by atoms with Crippen LogP contribution in [0.15, 0.2) is 18.2 Å². The van der Waals surface area contributed by atoms with Crippen molar-refractivity contribution >= 4 is 11.0 Å². The van der Waals surface area contributed by atoms with Crippen LogP contribution in [-0.2, 0) is 6.42 Å². The van der Waals surface area contributed by atoms with Crippen LogP contribution in [0.5, 0.6) is 0 Å². The second-order valence-corrected chi connectivity index (χ2v) is 3.82. The monoisotopic (exact) mass is 189 g/mol. The van der Waals surface area contributed by atoms with E-state index in [0.29, 0.717) is 0 Å². The number of aromatic amines is 1. The Balaban J connectivity index is 2.53. The zero-order chi connectivity index (χ0) is 10.1. The second-order valence-electron chi connectivity index (χ2n) is 3.82. The molecule has 0 amide bonds. The molecule has 3 heteroatoms. The first kappa shape index (κ1) is 9.21. The summed E-state index contributed by atoms with van der Waals surface area (Å²) in [5.74, 6) is 0.956. The maximum absolute atomic E-state index is 5.78. The van der Waals surface area contributed by atoms with Gasteiger partial charge in [-0.1, -0.05) is 12.1 Å². The van der Waals surface area contributed by atoms with Gasteiger partial charge in [-0.05, 0) is 31.9 Å². The number of aryl methyl sites for hydroxylation is 1. The van der Waals surface area contributed by atoms with Crippen molar-refractivity contribution in [1.82, 2.24) is 9.97 Å². The number of nitrogens with one attached hydrogen (secondary N) is 1. The van der Waals surface area contributed by atoms with Crippen molar-refractivity contribution in [3.8, 4) is 0 Å². The van der Waals surface area contributed by atoms with Gasteiger partial charge in [-0.15, -0.1) is 0 Å². The van der Waals surface area contributed by atoms with E-state index in [1.165, 1.54) is 5.56 Å². The molecule has 14 heavy (non-hydrogen) atoms. The van der Waals surface area contributed by atoms with Crippen molar-refractivity contribution in [2.24, 2.45) is 5.73 Å². The molecule has 2 rings (SSSR count). The average molecular weight is 189 g/mol. The van der Waals surface area contributed by atoms with E-state index in [0.717, 1.165) is 23.3 Å². The normalized spacial score (nSPS) is 13.4. The zero-order valence-corrected chi connectivity index (χ0v) is 8.54. The lowest BCUT2D eigenvalue weighted by Gasteiger charge is -2.04. The lowest BCUT2D eigenvalue weighted by molar-refractivity contribution is 0.741. The molecule has 0 fully saturated rings. The highest BCUT2D eigenvalue weighted by atomic mass is 14.9. The van der Waals surface area contributed by atoms with Crippen LogP contribution in [-0.4, -0.2) is 16.0 Å². The van der Waals surface area contributed by atoms with Crippen molar-refractivity contribution in [3.05, 3.63) is 29.6 Å². The van der Waals surface area contributed by atoms with Crippen LogP contribution >= 0.6 is 0 Å². The number of hydrogen-bond acceptors (Lipinski definition) is 2. The van der Waals surface area contributed by atoms with E-state index >= 15 is 0 Å². The maximum atomic E-state index is 5.78. The van der Waals surface area contributed by atoms with Crippen LogP contribution in [0.1, 0.15) is 18.3 Å². The molecule has 1 aromatic carbocycles. The highest BCUT2D eigenvalue weighted by Crippen LogP contribution is 2.17. The molecular weight excluding hydrogens is 174 g/mol. The molecule has 1 aromatic heterocycles. The predicted molar refractivity (Wildman–Crippen MR) is 58.2 cm³/mol. The number of aromatic nitrogens is 2. The zero-order valence-electron chi connectivity index (χ0n) is 8.54. The van der Waals surface area contributed by atoms with Gasteiger partial charge < -0.3 is 10.7 Å². The fourth-order valence-corrected chi connectivity index (χ4v) is 1.73. The maximum Gasteiger partial charge on any atom is 0.104 e. The number of rotatable bonds is 2. The Bertz CT molecular complexity index is 443. The predicted octanol–water partition coefficient (Wildman–Crippen LogP) is 1.76. The summed E-state index contributed by atoms with van der Waals surface area (Å²) < 4.78 is 0. The van der Waals surface area contributed by atoms with Gasteiger partial charge in [0, 0.05) is 6.04 Å². The average Bonchev–Trinajstić information content (AvgIpc) is 2.45. The number of H-pyrrole nitrogens is 1. The standard InChI is InChI=1S/C11H15N3/c1-7(12)6-9-4-3-5-10-11(9)14-8(2)13-10/h3-5,7H,6,12H2,1-2H3,(H,13,14). The molecule has 74 valence electrons. The minimum absolute atomic E-state index is 0.178. The highest BCUT2D eigenvalue weighted by molar-refractivity contribution is 5.78. The smallest absolute Gasteiger partial charge is 0.104 e. The van der Waals surface area contributed by atoms with Gasteiger partial charge in [-0.2, -0.15) is 0 Å². The molecule has 0 spiro atoms. The number of hydrogen-bond donors (Lipinski definition) is 2. The van der Waals surface area contributed by atoms with Crippen molar-refractivity contribution in [2.45, 2.75) is 26.3 Å². The summed E-state index contributed by atoms with van der Waals surface area (Å²) in [5, 5.41) is 0. The summed E-state index contributed by atoms with van der Waals surface area (Å²) in [6.45, 7) is 3.98. The highest BCUT2D eigenvalue weighted by Gasteiger charge is 2.06. The number of benzene rings is 1. The van der Waals surface area contributed by atoms with Crippen molar-refractivity contribution in [2.75, 3.05) is 0 Å². The molecule has 3 N–H and O–H groups in total. The van der Waals surface area contributed by atoms with E-state index in [1.54, 1.807) is 0 Å². The van der Waals surface area contributed by atoms with Gasteiger partial charge in [0.15, 0.2) is 0 Å². The summed E-state index contributed by atoms with van der Waals surface area (Å²) in [6, 6.07) is 6.35. The van der Waals surface area contributed by atoms with Crippen molar-refractivity contribution in [3.63, 3.8) is 0 Å². The van der Waals surface area contributed by atoms with Gasteiger partial charge in [-0.3, -0.25) is 0 Å². The molecule has 0 saturated heterocycles. The Labute approximate surface area is 83.3 Å². The molecule has 0 aliphatic carbocycles. The first-order chi connectivity index (χ1) is 6.66. The number of imidazole rings is 1. The third-order valence-electron chi connectivity index (χ3n) is 2.26. The molecule has 0 saturated carbocycles. The van der Waals surface area contributed by atoms with Gasteiger partial charge >= 0.3 is 0 Å². The second kappa shape index (κ2) is 3.42. The third-order valence-corrected chi connectivity index (χ3v) is 2.26. The molecule has 1 atom stereocenters. The Morgan fingerprint density at radius 2 is 2.29 bits per heavy atom. The first-order valence-electron chi connectivity index (χ1n) is 4.86. The summed E-state index contributed by atoms with van der Waals surface area (Å²) in [7, 11) is 0. The Morgan fingerprint density at radius 3 is 3.00 bits per heavy atom. The van der Waals surface area contributed by atoms with Gasteiger partial charge in [-0.25, -0.2) is 4.98 Å². The molecule has 0 bridgehead atoms. The SMILES string of the molecule is Cc1nc2c(CC(C)N)cccc2[nH]1. The van der Waals surface area contributed by atoms with Gasteiger partial charge in [0.2, 0.25) is 0 Å². The Kier molecular flexibility index (Phi) is 2.25.